The van der Waals surface area contributed by atoms with E-state index < -0.39 is 0 Å². The van der Waals surface area contributed by atoms with Crippen molar-refractivity contribution >= 4 is 17.2 Å². The Bertz CT molecular complexity index is 654. The van der Waals surface area contributed by atoms with Gasteiger partial charge in [-0.3, -0.25) is 14.5 Å². The van der Waals surface area contributed by atoms with Crippen LogP contribution in [0.25, 0.3) is 0 Å². The van der Waals surface area contributed by atoms with Crippen molar-refractivity contribution in [1.82, 2.24) is 15.2 Å². The van der Waals surface area contributed by atoms with E-state index in [1.165, 1.54) is 30.0 Å². The topological polar surface area (TPSA) is 65.2 Å². The van der Waals surface area contributed by atoms with Crippen LogP contribution in [-0.4, -0.2) is 35.4 Å². The molecular weight excluding hydrogens is 298 g/mol. The number of thiophene rings is 1. The first kappa shape index (κ1) is 15.0. The summed E-state index contributed by atoms with van der Waals surface area (Å²) in [6.45, 7) is 2.74. The molecule has 1 amide bonds. The lowest BCUT2D eigenvalue weighted by atomic mass is 10.2. The number of likely N-dealkylation sites (tertiary alicyclic amines) is 1. The van der Waals surface area contributed by atoms with E-state index in [9.17, 15) is 9.59 Å². The Morgan fingerprint density at radius 3 is 2.77 bits per heavy atom. The Balaban J connectivity index is 1.67. The predicted molar refractivity (Wildman–Crippen MR) is 87.3 cm³/mol. The number of nitrogens with one attached hydrogen (secondary N) is 2. The van der Waals surface area contributed by atoms with E-state index in [1.54, 1.807) is 17.4 Å². The largest absolute Gasteiger partial charge is 0.350 e. The van der Waals surface area contributed by atoms with Crippen LogP contribution in [0.5, 0.6) is 0 Å². The third kappa shape index (κ3) is 3.45. The van der Waals surface area contributed by atoms with Gasteiger partial charge in [0.05, 0.1) is 11.6 Å². The van der Waals surface area contributed by atoms with Gasteiger partial charge in [-0.15, -0.1) is 11.3 Å². The van der Waals surface area contributed by atoms with Crippen LogP contribution in [0.4, 0.5) is 0 Å². The average molecular weight is 317 g/mol. The number of nitrogens with zero attached hydrogens (tertiary/aromatic N) is 1. The van der Waals surface area contributed by atoms with Crippen LogP contribution >= 0.6 is 11.3 Å². The fraction of sp³-hybridized carbons (Fsp3) is 0.375. The van der Waals surface area contributed by atoms with Crippen LogP contribution in [-0.2, 0) is 0 Å². The van der Waals surface area contributed by atoms with Crippen LogP contribution in [0.1, 0.15) is 34.1 Å². The third-order valence-corrected chi connectivity index (χ3v) is 4.93. The Morgan fingerprint density at radius 1 is 1.32 bits per heavy atom. The Morgan fingerprint density at radius 2 is 2.14 bits per heavy atom. The first-order chi connectivity index (χ1) is 10.7. The highest BCUT2D eigenvalue weighted by Crippen LogP contribution is 2.27. The quantitative estimate of drug-likeness (QED) is 0.886. The van der Waals surface area contributed by atoms with Crippen molar-refractivity contribution in [3.63, 3.8) is 0 Å². The normalized spacial score (nSPS) is 16.5. The second-order valence-electron chi connectivity index (χ2n) is 5.43. The van der Waals surface area contributed by atoms with Gasteiger partial charge < -0.3 is 10.3 Å². The minimum absolute atomic E-state index is 0.156. The molecule has 0 unspecified atom stereocenters. The molecular formula is C16H19N3O2S. The summed E-state index contributed by atoms with van der Waals surface area (Å²) in [4.78, 5) is 29.5. The minimum Gasteiger partial charge on any atom is -0.350 e. The Hall–Kier alpha value is -1.92. The molecule has 22 heavy (non-hydrogen) atoms. The van der Waals surface area contributed by atoms with Gasteiger partial charge >= 0.3 is 0 Å². The lowest BCUT2D eigenvalue weighted by Gasteiger charge is -2.26. The van der Waals surface area contributed by atoms with Crippen LogP contribution < -0.4 is 10.9 Å². The van der Waals surface area contributed by atoms with Crippen LogP contribution in [0.2, 0.25) is 0 Å². The van der Waals surface area contributed by atoms with Gasteiger partial charge in [-0.05, 0) is 43.4 Å². The van der Waals surface area contributed by atoms with Gasteiger partial charge in [-0.1, -0.05) is 6.07 Å². The van der Waals surface area contributed by atoms with Gasteiger partial charge in [0.1, 0.15) is 0 Å². The third-order valence-electron chi connectivity index (χ3n) is 3.96. The van der Waals surface area contributed by atoms with Gasteiger partial charge in [0.15, 0.2) is 0 Å². The van der Waals surface area contributed by atoms with E-state index in [1.807, 2.05) is 6.07 Å². The van der Waals surface area contributed by atoms with Crippen molar-refractivity contribution < 1.29 is 4.79 Å². The van der Waals surface area contributed by atoms with E-state index in [0.717, 1.165) is 13.1 Å². The molecule has 1 atom stereocenters. The molecule has 5 nitrogen and oxygen atoms in total. The molecule has 1 aliphatic rings. The van der Waals surface area contributed by atoms with Gasteiger partial charge in [-0.2, -0.15) is 0 Å². The van der Waals surface area contributed by atoms with Crippen LogP contribution in [0.15, 0.2) is 40.6 Å². The van der Waals surface area contributed by atoms with E-state index in [2.05, 4.69) is 26.6 Å². The number of carbonyl (C=O) groups is 1. The molecule has 0 aromatic carbocycles. The van der Waals surface area contributed by atoms with Crippen molar-refractivity contribution in [3.8, 4) is 0 Å². The molecule has 1 fully saturated rings. The summed E-state index contributed by atoms with van der Waals surface area (Å²) in [6.07, 6.45) is 3.89. The van der Waals surface area contributed by atoms with Crippen molar-refractivity contribution in [3.05, 3.63) is 56.6 Å². The fourth-order valence-corrected chi connectivity index (χ4v) is 3.65. The summed E-state index contributed by atoms with van der Waals surface area (Å²) in [5.74, 6) is -0.156. The van der Waals surface area contributed by atoms with Crippen molar-refractivity contribution in [2.24, 2.45) is 0 Å². The maximum absolute atomic E-state index is 12.2. The molecule has 0 saturated carbocycles. The minimum atomic E-state index is -0.204. The number of hydrogen-bond donors (Lipinski definition) is 2. The lowest BCUT2D eigenvalue weighted by Crippen LogP contribution is -2.36. The number of aromatic amines is 1. The highest BCUT2D eigenvalue weighted by Gasteiger charge is 2.24. The molecule has 2 aromatic rings. The first-order valence-corrected chi connectivity index (χ1v) is 8.36. The number of hydrogen-bond acceptors (Lipinski definition) is 4. The molecule has 3 heterocycles. The SMILES string of the molecule is O=C(NC[C@@H](c1cccs1)N1CCCC1)c1ccc(=O)[nH]c1. The molecule has 116 valence electrons. The fourth-order valence-electron chi connectivity index (χ4n) is 2.79. The smallest absolute Gasteiger partial charge is 0.252 e. The molecule has 1 aliphatic heterocycles. The van der Waals surface area contributed by atoms with Crippen molar-refractivity contribution in [1.29, 1.82) is 0 Å². The van der Waals surface area contributed by atoms with Crippen molar-refractivity contribution in [2.75, 3.05) is 19.6 Å². The molecule has 2 aromatic heterocycles. The highest BCUT2D eigenvalue weighted by molar-refractivity contribution is 7.10. The summed E-state index contributed by atoms with van der Waals surface area (Å²) < 4.78 is 0. The van der Waals surface area contributed by atoms with E-state index in [-0.39, 0.29) is 17.5 Å². The van der Waals surface area contributed by atoms with Gasteiger partial charge in [0.25, 0.3) is 5.91 Å². The number of carbonyl (C=O) groups excluding carboxylic acids is 1. The number of aromatic nitrogens is 1. The lowest BCUT2D eigenvalue weighted by molar-refractivity contribution is 0.0938. The monoisotopic (exact) mass is 317 g/mol. The molecule has 0 spiro atoms. The Kier molecular flexibility index (Phi) is 4.70. The van der Waals surface area contributed by atoms with Gasteiger partial charge in [0.2, 0.25) is 5.56 Å². The number of pyridine rings is 1. The zero-order valence-corrected chi connectivity index (χ0v) is 13.1. The van der Waals surface area contributed by atoms with Gasteiger partial charge in [0, 0.05) is 23.7 Å². The highest BCUT2D eigenvalue weighted by atomic mass is 32.1. The number of amides is 1. The first-order valence-electron chi connectivity index (χ1n) is 7.48. The number of H-pyrrole nitrogens is 1. The maximum atomic E-state index is 12.2. The molecule has 0 bridgehead atoms. The van der Waals surface area contributed by atoms with E-state index in [4.69, 9.17) is 0 Å². The van der Waals surface area contributed by atoms with Crippen LogP contribution in [0, 0.1) is 0 Å². The summed E-state index contributed by atoms with van der Waals surface area (Å²) >= 11 is 1.73. The summed E-state index contributed by atoms with van der Waals surface area (Å²) in [5.41, 5.74) is 0.274. The molecule has 0 aliphatic carbocycles. The number of rotatable bonds is 5. The van der Waals surface area contributed by atoms with Crippen molar-refractivity contribution in [2.45, 2.75) is 18.9 Å². The second-order valence-corrected chi connectivity index (χ2v) is 6.41. The molecule has 0 radical (unpaired) electrons. The molecule has 1 saturated heterocycles. The summed E-state index contributed by atoms with van der Waals surface area (Å²) in [5, 5.41) is 5.06. The zero-order valence-electron chi connectivity index (χ0n) is 12.2. The zero-order chi connectivity index (χ0) is 15.4. The second kappa shape index (κ2) is 6.89. The van der Waals surface area contributed by atoms with Crippen LogP contribution in [0.3, 0.4) is 0 Å². The Labute approximate surface area is 133 Å². The summed E-state index contributed by atoms with van der Waals surface area (Å²) in [6, 6.07) is 7.32. The molecule has 6 heteroatoms. The molecule has 3 rings (SSSR count). The predicted octanol–water partition coefficient (Wildman–Crippen LogP) is 2.00. The average Bonchev–Trinajstić information content (AvgIpc) is 3.22. The van der Waals surface area contributed by atoms with E-state index >= 15 is 0 Å². The van der Waals surface area contributed by atoms with Gasteiger partial charge in [-0.25, -0.2) is 0 Å². The summed E-state index contributed by atoms with van der Waals surface area (Å²) in [7, 11) is 0. The molecule has 2 N–H and O–H groups in total. The maximum Gasteiger partial charge on any atom is 0.252 e. The standard InChI is InChI=1S/C16H19N3O2S/c20-15-6-5-12(10-17-15)16(21)18-11-13(14-4-3-9-22-14)19-7-1-2-8-19/h3-6,9-10,13H,1-2,7-8,11H2,(H,17,20)(H,18,21)/t13-/m0/s1. The van der Waals surface area contributed by atoms with E-state index in [0.29, 0.717) is 12.1 Å².